The van der Waals surface area contributed by atoms with E-state index in [-0.39, 0.29) is 5.91 Å². The van der Waals surface area contributed by atoms with Crippen molar-refractivity contribution in [1.29, 1.82) is 0 Å². The van der Waals surface area contributed by atoms with Crippen LogP contribution in [0.5, 0.6) is 5.75 Å². The van der Waals surface area contributed by atoms with E-state index in [1.54, 1.807) is 11.6 Å². The topological polar surface area (TPSA) is 84.6 Å². The van der Waals surface area contributed by atoms with Crippen LogP contribution < -0.4 is 15.0 Å². The Hall–Kier alpha value is -3.16. The van der Waals surface area contributed by atoms with Crippen molar-refractivity contribution in [3.05, 3.63) is 47.8 Å². The second kappa shape index (κ2) is 8.89. The minimum absolute atomic E-state index is 0.0308. The van der Waals surface area contributed by atoms with E-state index >= 15 is 0 Å². The van der Waals surface area contributed by atoms with Crippen molar-refractivity contribution in [1.82, 2.24) is 25.1 Å². The fraction of sp³-hybridized carbons (Fsp3) is 0.429. The quantitative estimate of drug-likeness (QED) is 0.662. The second-order valence-corrected chi connectivity index (χ2v) is 7.25. The molecule has 2 aromatic heterocycles. The summed E-state index contributed by atoms with van der Waals surface area (Å²) in [4.78, 5) is 14.6. The highest BCUT2D eigenvalue weighted by Gasteiger charge is 2.15. The van der Waals surface area contributed by atoms with Crippen LogP contribution in [-0.2, 0) is 17.8 Å². The molecule has 1 amide bonds. The zero-order valence-electron chi connectivity index (χ0n) is 16.7. The van der Waals surface area contributed by atoms with E-state index in [1.807, 2.05) is 36.4 Å². The van der Waals surface area contributed by atoms with Gasteiger partial charge in [-0.3, -0.25) is 4.79 Å². The molecule has 152 valence electrons. The summed E-state index contributed by atoms with van der Waals surface area (Å²) in [5.74, 6) is 2.40. The van der Waals surface area contributed by atoms with Gasteiger partial charge in [0.25, 0.3) is 0 Å². The maximum Gasteiger partial charge on any atom is 0.220 e. The van der Waals surface area contributed by atoms with Gasteiger partial charge < -0.3 is 15.0 Å². The first-order valence-corrected chi connectivity index (χ1v) is 10.1. The number of ether oxygens (including phenoxy) is 1. The van der Waals surface area contributed by atoms with Gasteiger partial charge in [0.15, 0.2) is 11.5 Å². The third-order valence-corrected chi connectivity index (χ3v) is 5.19. The number of carbonyl (C=O) groups is 1. The summed E-state index contributed by atoms with van der Waals surface area (Å²) in [6.45, 7) is 2.53. The lowest BCUT2D eigenvalue weighted by Gasteiger charge is -2.27. The van der Waals surface area contributed by atoms with E-state index in [4.69, 9.17) is 9.84 Å². The van der Waals surface area contributed by atoms with Gasteiger partial charge in [-0.05, 0) is 49.1 Å². The van der Waals surface area contributed by atoms with E-state index < -0.39 is 0 Å². The number of rotatable bonds is 7. The zero-order chi connectivity index (χ0) is 20.1. The molecule has 1 aliphatic heterocycles. The molecule has 3 aromatic rings. The normalized spacial score (nSPS) is 14.2. The highest BCUT2D eigenvalue weighted by atomic mass is 16.5. The maximum atomic E-state index is 12.3. The Morgan fingerprint density at radius 1 is 1.14 bits per heavy atom. The van der Waals surface area contributed by atoms with Crippen LogP contribution in [0, 0.1) is 0 Å². The van der Waals surface area contributed by atoms with Crippen molar-refractivity contribution >= 4 is 17.4 Å². The number of nitrogens with zero attached hydrogens (tertiary/aromatic N) is 5. The van der Waals surface area contributed by atoms with Gasteiger partial charge in [-0.25, -0.2) is 0 Å². The van der Waals surface area contributed by atoms with Crippen LogP contribution in [0.4, 0.5) is 5.82 Å². The first kappa shape index (κ1) is 19.2. The number of carbonyl (C=O) groups excluding carboxylic acids is 1. The number of amides is 1. The minimum atomic E-state index is -0.0308. The highest BCUT2D eigenvalue weighted by molar-refractivity contribution is 5.76. The van der Waals surface area contributed by atoms with Gasteiger partial charge in [0.05, 0.1) is 7.11 Å². The lowest BCUT2D eigenvalue weighted by atomic mass is 10.1. The van der Waals surface area contributed by atoms with Crippen molar-refractivity contribution in [3.63, 3.8) is 0 Å². The van der Waals surface area contributed by atoms with Crippen molar-refractivity contribution in [2.24, 2.45) is 0 Å². The number of hydrogen-bond acceptors (Lipinski definition) is 6. The molecule has 29 heavy (non-hydrogen) atoms. The lowest BCUT2D eigenvalue weighted by molar-refractivity contribution is -0.121. The minimum Gasteiger partial charge on any atom is -0.497 e. The zero-order valence-corrected chi connectivity index (χ0v) is 16.7. The molecule has 0 aliphatic carbocycles. The Kier molecular flexibility index (Phi) is 5.88. The molecule has 0 atom stereocenters. The second-order valence-electron chi connectivity index (χ2n) is 7.25. The third-order valence-electron chi connectivity index (χ3n) is 5.19. The number of aryl methyl sites for hydroxylation is 1. The predicted molar refractivity (Wildman–Crippen MR) is 110 cm³/mol. The number of fused-ring (bicyclic) bond motifs is 1. The Morgan fingerprint density at radius 2 is 2.00 bits per heavy atom. The molecule has 0 unspecified atom stereocenters. The Morgan fingerprint density at radius 3 is 2.83 bits per heavy atom. The summed E-state index contributed by atoms with van der Waals surface area (Å²) >= 11 is 0. The SMILES string of the molecule is COc1cccc(CNC(=O)CCc2nnc3ccc(N4CCCCC4)nn23)c1. The first-order valence-electron chi connectivity index (χ1n) is 10.1. The van der Waals surface area contributed by atoms with Crippen LogP contribution in [0.3, 0.4) is 0 Å². The van der Waals surface area contributed by atoms with Gasteiger partial charge in [0.1, 0.15) is 11.6 Å². The molecule has 8 nitrogen and oxygen atoms in total. The van der Waals surface area contributed by atoms with Gasteiger partial charge in [0, 0.05) is 32.5 Å². The first-order chi connectivity index (χ1) is 14.2. The van der Waals surface area contributed by atoms with Gasteiger partial charge in [-0.15, -0.1) is 15.3 Å². The van der Waals surface area contributed by atoms with Crippen molar-refractivity contribution in [2.75, 3.05) is 25.1 Å². The monoisotopic (exact) mass is 394 g/mol. The summed E-state index contributed by atoms with van der Waals surface area (Å²) in [6, 6.07) is 11.6. The third kappa shape index (κ3) is 4.64. The van der Waals surface area contributed by atoms with Crippen molar-refractivity contribution in [2.45, 2.75) is 38.6 Å². The fourth-order valence-corrected chi connectivity index (χ4v) is 3.57. The summed E-state index contributed by atoms with van der Waals surface area (Å²) in [5.41, 5.74) is 1.70. The maximum absolute atomic E-state index is 12.3. The van der Waals surface area contributed by atoms with Crippen LogP contribution in [0.15, 0.2) is 36.4 Å². The van der Waals surface area contributed by atoms with Gasteiger partial charge >= 0.3 is 0 Å². The van der Waals surface area contributed by atoms with Crippen molar-refractivity contribution in [3.8, 4) is 5.75 Å². The van der Waals surface area contributed by atoms with E-state index in [2.05, 4.69) is 20.4 Å². The standard InChI is InChI=1S/C21H26N6O2/c1-29-17-7-5-6-16(14-17)15-22-21(28)11-10-19-24-23-18-8-9-20(25-27(18)19)26-12-3-2-4-13-26/h5-9,14H,2-4,10-13,15H2,1H3,(H,22,28). The molecular weight excluding hydrogens is 368 g/mol. The largest absolute Gasteiger partial charge is 0.497 e. The molecule has 0 spiro atoms. The predicted octanol–water partition coefficient (Wildman–Crippen LogP) is 2.37. The summed E-state index contributed by atoms with van der Waals surface area (Å²) in [5, 5.41) is 16.1. The Bertz CT molecular complexity index is 980. The number of aromatic nitrogens is 4. The van der Waals surface area contributed by atoms with E-state index in [0.29, 0.717) is 30.9 Å². The average Bonchev–Trinajstić information content (AvgIpc) is 3.19. The molecule has 1 aliphatic rings. The van der Waals surface area contributed by atoms with E-state index in [1.165, 1.54) is 19.3 Å². The fourth-order valence-electron chi connectivity index (χ4n) is 3.57. The molecule has 0 radical (unpaired) electrons. The lowest BCUT2D eigenvalue weighted by Crippen LogP contribution is -2.30. The summed E-state index contributed by atoms with van der Waals surface area (Å²) < 4.78 is 6.97. The molecule has 4 rings (SSSR count). The molecule has 0 bridgehead atoms. The van der Waals surface area contributed by atoms with Crippen LogP contribution in [0.2, 0.25) is 0 Å². The van der Waals surface area contributed by atoms with Gasteiger partial charge in [-0.2, -0.15) is 4.52 Å². The average molecular weight is 394 g/mol. The highest BCUT2D eigenvalue weighted by Crippen LogP contribution is 2.18. The van der Waals surface area contributed by atoms with E-state index in [0.717, 1.165) is 30.2 Å². The molecule has 1 N–H and O–H groups in total. The van der Waals surface area contributed by atoms with Crippen LogP contribution >= 0.6 is 0 Å². The summed E-state index contributed by atoms with van der Waals surface area (Å²) in [6.07, 6.45) is 4.49. The molecule has 1 fully saturated rings. The molecular formula is C21H26N6O2. The van der Waals surface area contributed by atoms with Gasteiger partial charge in [0.2, 0.25) is 5.91 Å². The van der Waals surface area contributed by atoms with Crippen LogP contribution in [-0.4, -0.2) is 45.9 Å². The number of methoxy groups -OCH3 is 1. The van der Waals surface area contributed by atoms with Crippen LogP contribution in [0.1, 0.15) is 37.1 Å². The molecule has 3 heterocycles. The number of hydrogen-bond donors (Lipinski definition) is 1. The van der Waals surface area contributed by atoms with Gasteiger partial charge in [-0.1, -0.05) is 12.1 Å². The van der Waals surface area contributed by atoms with Crippen molar-refractivity contribution < 1.29 is 9.53 Å². The number of benzene rings is 1. The molecule has 0 saturated carbocycles. The summed E-state index contributed by atoms with van der Waals surface area (Å²) in [7, 11) is 1.63. The van der Waals surface area contributed by atoms with E-state index in [9.17, 15) is 4.79 Å². The van der Waals surface area contributed by atoms with Crippen LogP contribution in [0.25, 0.3) is 5.65 Å². The Labute approximate surface area is 169 Å². The molecule has 8 heteroatoms. The number of piperidine rings is 1. The number of anilines is 1. The Balaban J connectivity index is 1.36. The molecule has 1 saturated heterocycles. The number of nitrogens with one attached hydrogen (secondary N) is 1. The molecule has 1 aromatic carbocycles. The smallest absolute Gasteiger partial charge is 0.220 e.